The van der Waals surface area contributed by atoms with E-state index in [0.29, 0.717) is 5.92 Å². The zero-order valence-corrected chi connectivity index (χ0v) is 10.7. The molecule has 2 aliphatic rings. The number of fused-ring (bicyclic) bond motifs is 2. The second kappa shape index (κ2) is 3.75. The van der Waals surface area contributed by atoms with E-state index in [4.69, 9.17) is 4.74 Å². The van der Waals surface area contributed by atoms with Gasteiger partial charge in [-0.05, 0) is 36.0 Å². The third-order valence-corrected chi connectivity index (χ3v) is 5.40. The molecular formula is C14H22O2. The van der Waals surface area contributed by atoms with Gasteiger partial charge in [-0.3, -0.25) is 4.79 Å². The SMILES string of the molecule is C[CH][CH]OC(=O)C1CC2CCC1(C)C2(C)C. The number of hydrogen-bond donors (Lipinski definition) is 0. The molecule has 2 saturated carbocycles. The highest BCUT2D eigenvalue weighted by molar-refractivity contribution is 5.75. The van der Waals surface area contributed by atoms with Gasteiger partial charge in [0.1, 0.15) is 6.61 Å². The third kappa shape index (κ3) is 1.42. The fourth-order valence-corrected chi connectivity index (χ4v) is 3.78. The van der Waals surface area contributed by atoms with Crippen LogP contribution in [0.1, 0.15) is 47.0 Å². The molecule has 2 radical (unpaired) electrons. The van der Waals surface area contributed by atoms with Crippen molar-refractivity contribution in [3.05, 3.63) is 13.0 Å². The van der Waals surface area contributed by atoms with Crippen molar-refractivity contribution >= 4 is 5.97 Å². The van der Waals surface area contributed by atoms with Crippen molar-refractivity contribution in [1.82, 2.24) is 0 Å². The maximum absolute atomic E-state index is 12.0. The molecule has 0 aliphatic heterocycles. The smallest absolute Gasteiger partial charge is 0.309 e. The molecule has 0 spiro atoms. The van der Waals surface area contributed by atoms with Crippen LogP contribution in [-0.4, -0.2) is 5.97 Å². The minimum Gasteiger partial charge on any atom is -0.458 e. The van der Waals surface area contributed by atoms with Gasteiger partial charge < -0.3 is 4.74 Å². The van der Waals surface area contributed by atoms with Crippen LogP contribution >= 0.6 is 0 Å². The van der Waals surface area contributed by atoms with E-state index < -0.39 is 0 Å². The summed E-state index contributed by atoms with van der Waals surface area (Å²) in [6.07, 6.45) is 5.22. The van der Waals surface area contributed by atoms with Crippen molar-refractivity contribution in [2.45, 2.75) is 47.0 Å². The summed E-state index contributed by atoms with van der Waals surface area (Å²) in [4.78, 5) is 12.0. The lowest BCUT2D eigenvalue weighted by atomic mass is 9.67. The van der Waals surface area contributed by atoms with E-state index in [2.05, 4.69) is 20.8 Å². The molecule has 0 saturated heterocycles. The highest BCUT2D eigenvalue weighted by atomic mass is 16.5. The number of rotatable bonds is 3. The molecule has 0 aromatic heterocycles. The van der Waals surface area contributed by atoms with E-state index in [0.717, 1.165) is 6.42 Å². The first kappa shape index (κ1) is 11.9. The van der Waals surface area contributed by atoms with Crippen molar-refractivity contribution in [1.29, 1.82) is 0 Å². The average molecular weight is 222 g/mol. The quantitative estimate of drug-likeness (QED) is 0.684. The summed E-state index contributed by atoms with van der Waals surface area (Å²) in [5, 5.41) is 0. The lowest BCUT2D eigenvalue weighted by Crippen LogP contribution is -2.36. The molecule has 2 fully saturated rings. The third-order valence-electron chi connectivity index (χ3n) is 5.40. The van der Waals surface area contributed by atoms with Gasteiger partial charge in [0.2, 0.25) is 0 Å². The number of ether oxygens (including phenoxy) is 1. The Balaban J connectivity index is 2.12. The van der Waals surface area contributed by atoms with Crippen LogP contribution in [-0.2, 0) is 9.53 Å². The second-order valence-electron chi connectivity index (χ2n) is 6.07. The minimum atomic E-state index is -0.0316. The maximum atomic E-state index is 12.0. The van der Waals surface area contributed by atoms with Gasteiger partial charge in [-0.2, -0.15) is 0 Å². The summed E-state index contributed by atoms with van der Waals surface area (Å²) in [6.45, 7) is 10.3. The first-order valence-electron chi connectivity index (χ1n) is 6.25. The number of carbonyl (C=O) groups is 1. The van der Waals surface area contributed by atoms with E-state index in [9.17, 15) is 4.79 Å². The van der Waals surface area contributed by atoms with Crippen LogP contribution in [0, 0.1) is 35.7 Å². The van der Waals surface area contributed by atoms with Crippen molar-refractivity contribution in [2.24, 2.45) is 22.7 Å². The highest BCUT2D eigenvalue weighted by Gasteiger charge is 2.63. The molecule has 3 atom stereocenters. The van der Waals surface area contributed by atoms with E-state index >= 15 is 0 Å². The molecule has 90 valence electrons. The van der Waals surface area contributed by atoms with Gasteiger partial charge in [0, 0.05) is 6.42 Å². The van der Waals surface area contributed by atoms with Crippen LogP contribution in [0.15, 0.2) is 0 Å². The van der Waals surface area contributed by atoms with E-state index in [1.807, 2.05) is 6.92 Å². The van der Waals surface area contributed by atoms with Crippen LogP contribution in [0.2, 0.25) is 0 Å². The second-order valence-corrected chi connectivity index (χ2v) is 6.07. The first-order chi connectivity index (χ1) is 7.43. The van der Waals surface area contributed by atoms with Gasteiger partial charge in [0.25, 0.3) is 0 Å². The van der Waals surface area contributed by atoms with Gasteiger partial charge in [-0.25, -0.2) is 0 Å². The maximum Gasteiger partial charge on any atom is 0.309 e. The molecule has 2 heteroatoms. The summed E-state index contributed by atoms with van der Waals surface area (Å²) in [6, 6.07) is 0. The van der Waals surface area contributed by atoms with Crippen LogP contribution in [0.25, 0.3) is 0 Å². The van der Waals surface area contributed by atoms with Crippen LogP contribution in [0.5, 0.6) is 0 Å². The zero-order valence-electron chi connectivity index (χ0n) is 10.7. The van der Waals surface area contributed by atoms with Gasteiger partial charge in [0.15, 0.2) is 0 Å². The average Bonchev–Trinajstić information content (AvgIpc) is 2.57. The molecule has 0 aromatic carbocycles. The van der Waals surface area contributed by atoms with Crippen LogP contribution in [0.4, 0.5) is 0 Å². The number of hydrogen-bond acceptors (Lipinski definition) is 2. The normalized spacial score (nSPS) is 40.0. The van der Waals surface area contributed by atoms with E-state index in [-0.39, 0.29) is 22.7 Å². The Hall–Kier alpha value is -0.530. The molecular weight excluding hydrogens is 200 g/mol. The Morgan fingerprint density at radius 3 is 2.50 bits per heavy atom. The summed E-state index contributed by atoms with van der Waals surface area (Å²) < 4.78 is 5.17. The topological polar surface area (TPSA) is 26.3 Å². The molecule has 0 aromatic rings. The lowest BCUT2D eigenvalue weighted by Gasteiger charge is -2.38. The molecule has 0 amide bonds. The van der Waals surface area contributed by atoms with Crippen molar-refractivity contribution in [2.75, 3.05) is 0 Å². The summed E-state index contributed by atoms with van der Waals surface area (Å²) in [7, 11) is 0. The van der Waals surface area contributed by atoms with Crippen molar-refractivity contribution < 1.29 is 9.53 Å². The predicted molar refractivity (Wildman–Crippen MR) is 63.1 cm³/mol. The van der Waals surface area contributed by atoms with Gasteiger partial charge in [-0.15, -0.1) is 0 Å². The molecule has 0 N–H and O–H groups in total. The zero-order chi connectivity index (χ0) is 12.0. The van der Waals surface area contributed by atoms with E-state index in [1.165, 1.54) is 19.4 Å². The first-order valence-corrected chi connectivity index (χ1v) is 6.25. The van der Waals surface area contributed by atoms with Crippen LogP contribution < -0.4 is 0 Å². The van der Waals surface area contributed by atoms with Gasteiger partial charge >= 0.3 is 5.97 Å². The van der Waals surface area contributed by atoms with Gasteiger partial charge in [0.05, 0.1) is 5.92 Å². The molecule has 2 rings (SSSR count). The predicted octanol–water partition coefficient (Wildman–Crippen LogP) is 3.38. The Bertz CT molecular complexity index is 295. The Labute approximate surface area is 98.7 Å². The Morgan fingerprint density at radius 2 is 2.06 bits per heavy atom. The Kier molecular flexibility index (Phi) is 2.80. The largest absolute Gasteiger partial charge is 0.458 e. The van der Waals surface area contributed by atoms with Gasteiger partial charge in [-0.1, -0.05) is 27.7 Å². The molecule has 16 heavy (non-hydrogen) atoms. The van der Waals surface area contributed by atoms with Crippen molar-refractivity contribution in [3.63, 3.8) is 0 Å². The molecule has 0 heterocycles. The number of esters is 1. The monoisotopic (exact) mass is 222 g/mol. The molecule has 3 unspecified atom stereocenters. The fraction of sp³-hybridized carbons (Fsp3) is 0.786. The Morgan fingerprint density at radius 1 is 1.38 bits per heavy atom. The van der Waals surface area contributed by atoms with Crippen molar-refractivity contribution in [3.8, 4) is 0 Å². The standard InChI is InChI=1S/C14H22O2/c1-5-8-16-12(15)11-9-10-6-7-14(11,4)13(10,2)3/h5,8,10-11H,6-7,9H2,1-4H3. The van der Waals surface area contributed by atoms with Crippen LogP contribution in [0.3, 0.4) is 0 Å². The summed E-state index contributed by atoms with van der Waals surface area (Å²) in [5.41, 5.74) is 0.420. The van der Waals surface area contributed by atoms with E-state index in [1.54, 1.807) is 6.42 Å². The molecule has 2 nitrogen and oxygen atoms in total. The molecule has 2 bridgehead atoms. The number of carbonyl (C=O) groups excluding carboxylic acids is 1. The fourth-order valence-electron chi connectivity index (χ4n) is 3.78. The highest BCUT2D eigenvalue weighted by Crippen LogP contribution is 2.68. The lowest BCUT2D eigenvalue weighted by molar-refractivity contribution is -0.149. The molecule has 2 aliphatic carbocycles. The summed E-state index contributed by atoms with van der Waals surface area (Å²) >= 11 is 0. The minimum absolute atomic E-state index is 0.0316. The summed E-state index contributed by atoms with van der Waals surface area (Å²) in [5.74, 6) is 0.758.